The Balaban J connectivity index is 1.76. The molecule has 3 rings (SSSR count). The first-order valence-corrected chi connectivity index (χ1v) is 8.27. The highest BCUT2D eigenvalue weighted by Crippen LogP contribution is 2.46. The molecular weight excluding hydrogens is 280 g/mol. The van der Waals surface area contributed by atoms with Gasteiger partial charge in [-0.2, -0.15) is 0 Å². The number of hydrogen-bond acceptors (Lipinski definition) is 4. The first kappa shape index (κ1) is 13.8. The van der Waals surface area contributed by atoms with Gasteiger partial charge in [0.05, 0.1) is 16.0 Å². The van der Waals surface area contributed by atoms with E-state index in [1.807, 2.05) is 6.07 Å². The lowest BCUT2D eigenvalue weighted by atomic mass is 9.80. The number of thiophene rings is 1. The van der Waals surface area contributed by atoms with Gasteiger partial charge in [-0.1, -0.05) is 24.4 Å². The van der Waals surface area contributed by atoms with E-state index in [2.05, 4.69) is 11.5 Å². The highest BCUT2D eigenvalue weighted by molar-refractivity contribution is 7.16. The van der Waals surface area contributed by atoms with Gasteiger partial charge in [0, 0.05) is 11.5 Å². The van der Waals surface area contributed by atoms with Crippen molar-refractivity contribution in [3.8, 4) is 0 Å². The van der Waals surface area contributed by atoms with Crippen LogP contribution in [-0.4, -0.2) is 12.2 Å². The van der Waals surface area contributed by atoms with E-state index in [1.165, 1.54) is 30.6 Å². The Morgan fingerprint density at radius 2 is 2.21 bits per heavy atom. The molecule has 3 N–H and O–H groups in total. The zero-order valence-electron chi connectivity index (χ0n) is 11.0. The van der Waals surface area contributed by atoms with Crippen molar-refractivity contribution in [2.45, 2.75) is 50.2 Å². The van der Waals surface area contributed by atoms with Crippen LogP contribution in [0.4, 0.5) is 0 Å². The van der Waals surface area contributed by atoms with Gasteiger partial charge in [0.15, 0.2) is 0 Å². The average molecular weight is 301 g/mol. The lowest BCUT2D eigenvalue weighted by molar-refractivity contribution is -0.0980. The number of nitrogens with one attached hydrogen (secondary N) is 1. The monoisotopic (exact) mass is 300 g/mol. The Morgan fingerprint density at radius 1 is 1.42 bits per heavy atom. The number of hydrazine groups is 1. The molecule has 3 nitrogen and oxygen atoms in total. The molecule has 0 bridgehead atoms. The van der Waals surface area contributed by atoms with Crippen molar-refractivity contribution in [1.82, 2.24) is 5.43 Å². The second-order valence-electron chi connectivity index (χ2n) is 5.78. The standard InChI is InChI=1S/C14H21ClN2OS/c15-12-4-3-11(19-12)13(17-16)10-5-8-18-14(9-10)6-1-2-7-14/h3-4,10,13,17H,1-2,5-9,16H2. The van der Waals surface area contributed by atoms with Crippen molar-refractivity contribution in [2.75, 3.05) is 6.61 Å². The smallest absolute Gasteiger partial charge is 0.0931 e. The van der Waals surface area contributed by atoms with Gasteiger partial charge in [-0.3, -0.25) is 11.3 Å². The lowest BCUT2D eigenvalue weighted by Crippen LogP contribution is -2.43. The fourth-order valence-electron chi connectivity index (χ4n) is 3.66. The second kappa shape index (κ2) is 5.70. The third kappa shape index (κ3) is 2.83. The van der Waals surface area contributed by atoms with Crippen LogP contribution >= 0.6 is 22.9 Å². The van der Waals surface area contributed by atoms with Crippen molar-refractivity contribution < 1.29 is 4.74 Å². The van der Waals surface area contributed by atoms with Crippen LogP contribution in [0.25, 0.3) is 0 Å². The molecule has 1 spiro atoms. The summed E-state index contributed by atoms with van der Waals surface area (Å²) in [6.07, 6.45) is 7.23. The minimum atomic E-state index is 0.138. The Morgan fingerprint density at radius 3 is 2.84 bits per heavy atom. The van der Waals surface area contributed by atoms with Crippen LogP contribution < -0.4 is 11.3 Å². The predicted molar refractivity (Wildman–Crippen MR) is 79.3 cm³/mol. The van der Waals surface area contributed by atoms with E-state index in [1.54, 1.807) is 11.3 Å². The minimum Gasteiger partial charge on any atom is -0.375 e. The Labute approximate surface area is 123 Å². The summed E-state index contributed by atoms with van der Waals surface area (Å²) >= 11 is 7.67. The minimum absolute atomic E-state index is 0.138. The quantitative estimate of drug-likeness (QED) is 0.662. The molecule has 1 saturated carbocycles. The summed E-state index contributed by atoms with van der Waals surface area (Å²) in [7, 11) is 0. The van der Waals surface area contributed by atoms with E-state index in [0.29, 0.717) is 5.92 Å². The maximum atomic E-state index is 6.10. The molecule has 5 heteroatoms. The van der Waals surface area contributed by atoms with E-state index in [0.717, 1.165) is 23.8 Å². The van der Waals surface area contributed by atoms with E-state index < -0.39 is 0 Å². The van der Waals surface area contributed by atoms with Gasteiger partial charge in [-0.05, 0) is 43.7 Å². The summed E-state index contributed by atoms with van der Waals surface area (Å²) in [4.78, 5) is 1.24. The third-order valence-corrected chi connectivity index (χ3v) is 5.91. The summed E-state index contributed by atoms with van der Waals surface area (Å²) < 4.78 is 6.93. The normalized spacial score (nSPS) is 27.8. The molecule has 2 unspecified atom stereocenters. The first-order valence-electron chi connectivity index (χ1n) is 7.08. The Bertz CT molecular complexity index is 431. The number of halogens is 1. The van der Waals surface area contributed by atoms with Crippen LogP contribution in [-0.2, 0) is 4.74 Å². The fourth-order valence-corrected chi connectivity index (χ4v) is 4.88. The predicted octanol–water partition coefficient (Wildman–Crippen LogP) is 3.65. The van der Waals surface area contributed by atoms with Gasteiger partial charge in [-0.25, -0.2) is 0 Å². The maximum Gasteiger partial charge on any atom is 0.0931 e. The lowest BCUT2D eigenvalue weighted by Gasteiger charge is -2.41. The molecule has 0 radical (unpaired) electrons. The van der Waals surface area contributed by atoms with Crippen molar-refractivity contribution in [3.05, 3.63) is 21.3 Å². The number of hydrogen-bond donors (Lipinski definition) is 2. The van der Waals surface area contributed by atoms with E-state index >= 15 is 0 Å². The molecule has 19 heavy (non-hydrogen) atoms. The molecule has 106 valence electrons. The summed E-state index contributed by atoms with van der Waals surface area (Å²) in [5.41, 5.74) is 3.14. The van der Waals surface area contributed by atoms with E-state index in [-0.39, 0.29) is 11.6 Å². The van der Waals surface area contributed by atoms with Crippen molar-refractivity contribution in [2.24, 2.45) is 11.8 Å². The molecule has 0 aromatic carbocycles. The second-order valence-corrected chi connectivity index (χ2v) is 7.52. The molecule has 2 fully saturated rings. The zero-order chi connectivity index (χ0) is 13.3. The zero-order valence-corrected chi connectivity index (χ0v) is 12.6. The maximum absolute atomic E-state index is 6.10. The van der Waals surface area contributed by atoms with Crippen LogP contribution in [0.2, 0.25) is 4.34 Å². The Hall–Kier alpha value is -0.130. The van der Waals surface area contributed by atoms with Crippen molar-refractivity contribution in [3.63, 3.8) is 0 Å². The molecule has 1 aromatic rings. The van der Waals surface area contributed by atoms with Gasteiger partial charge < -0.3 is 4.74 Å². The van der Waals surface area contributed by atoms with E-state index in [9.17, 15) is 0 Å². The van der Waals surface area contributed by atoms with Crippen LogP contribution in [0, 0.1) is 5.92 Å². The van der Waals surface area contributed by atoms with Crippen LogP contribution in [0.5, 0.6) is 0 Å². The number of ether oxygens (including phenoxy) is 1. The van der Waals surface area contributed by atoms with Gasteiger partial charge in [-0.15, -0.1) is 11.3 Å². The van der Waals surface area contributed by atoms with Crippen LogP contribution in [0.1, 0.15) is 49.4 Å². The summed E-state index contributed by atoms with van der Waals surface area (Å²) in [5.74, 6) is 6.35. The van der Waals surface area contributed by atoms with E-state index in [4.69, 9.17) is 22.2 Å². The topological polar surface area (TPSA) is 47.3 Å². The summed E-state index contributed by atoms with van der Waals surface area (Å²) in [6, 6.07) is 4.25. The molecule has 1 aliphatic carbocycles. The molecular formula is C14H21ClN2OS. The largest absolute Gasteiger partial charge is 0.375 e. The van der Waals surface area contributed by atoms with Gasteiger partial charge in [0.1, 0.15) is 0 Å². The third-order valence-electron chi connectivity index (χ3n) is 4.60. The van der Waals surface area contributed by atoms with Gasteiger partial charge >= 0.3 is 0 Å². The molecule has 2 atom stereocenters. The summed E-state index contributed by atoms with van der Waals surface area (Å²) in [5, 5.41) is 0. The molecule has 2 aliphatic rings. The molecule has 1 saturated heterocycles. The molecule has 2 heterocycles. The van der Waals surface area contributed by atoms with Crippen LogP contribution in [0.15, 0.2) is 12.1 Å². The molecule has 0 amide bonds. The molecule has 1 aromatic heterocycles. The average Bonchev–Trinajstić information content (AvgIpc) is 3.01. The van der Waals surface area contributed by atoms with Crippen molar-refractivity contribution in [1.29, 1.82) is 0 Å². The number of rotatable bonds is 3. The summed E-state index contributed by atoms with van der Waals surface area (Å²) in [6.45, 7) is 0.863. The Kier molecular flexibility index (Phi) is 4.15. The highest BCUT2D eigenvalue weighted by atomic mass is 35.5. The SMILES string of the molecule is NNC(c1ccc(Cl)s1)C1CCOC2(CCCC2)C1. The first-order chi connectivity index (χ1) is 9.22. The molecule has 1 aliphatic heterocycles. The van der Waals surface area contributed by atoms with Gasteiger partial charge in [0.2, 0.25) is 0 Å². The number of nitrogens with two attached hydrogens (primary N) is 1. The van der Waals surface area contributed by atoms with Crippen molar-refractivity contribution >= 4 is 22.9 Å². The van der Waals surface area contributed by atoms with Crippen LogP contribution in [0.3, 0.4) is 0 Å². The highest BCUT2D eigenvalue weighted by Gasteiger charge is 2.42. The van der Waals surface area contributed by atoms with Gasteiger partial charge in [0.25, 0.3) is 0 Å². The fraction of sp³-hybridized carbons (Fsp3) is 0.714.